The summed E-state index contributed by atoms with van der Waals surface area (Å²) in [4.78, 5) is 0. The van der Waals surface area contributed by atoms with E-state index in [1.54, 1.807) is 36.4 Å². The van der Waals surface area contributed by atoms with E-state index < -0.39 is 4.33 Å². The first-order valence-corrected chi connectivity index (χ1v) is 6.04. The van der Waals surface area contributed by atoms with Crippen LogP contribution >= 0.6 is 34.8 Å². The number of benzene rings is 2. The second-order valence-electron chi connectivity index (χ2n) is 3.56. The van der Waals surface area contributed by atoms with Gasteiger partial charge in [0.25, 0.3) is 0 Å². The van der Waals surface area contributed by atoms with Gasteiger partial charge in [-0.2, -0.15) is 0 Å². The molecule has 17 heavy (non-hydrogen) atoms. The lowest BCUT2D eigenvalue weighted by Crippen LogP contribution is -2.12. The highest BCUT2D eigenvalue weighted by atomic mass is 35.5. The lowest BCUT2D eigenvalue weighted by Gasteiger charge is -2.21. The number of hydrogen-bond acceptors (Lipinski definition) is 0. The Bertz CT molecular complexity index is 520. The second-order valence-corrected chi connectivity index (χ2v) is 5.30. The number of halogens is 4. The first-order chi connectivity index (χ1) is 8.01. The van der Waals surface area contributed by atoms with Crippen LogP contribution in [-0.4, -0.2) is 0 Å². The molecule has 4 heteroatoms. The molecule has 0 spiro atoms. The van der Waals surface area contributed by atoms with Crippen LogP contribution in [0.1, 0.15) is 11.1 Å². The normalized spacial score (nSPS) is 11.5. The molecule has 0 radical (unpaired) electrons. The Hall–Kier alpha value is -0.760. The van der Waals surface area contributed by atoms with Crippen LogP contribution in [0.4, 0.5) is 4.39 Å². The Morgan fingerprint density at radius 3 is 2.06 bits per heavy atom. The minimum Gasteiger partial charge on any atom is -0.207 e. The maximum absolute atomic E-state index is 12.8. The summed E-state index contributed by atoms with van der Waals surface area (Å²) in [6.45, 7) is 0. The predicted octanol–water partition coefficient (Wildman–Crippen LogP) is 5.16. The van der Waals surface area contributed by atoms with Gasteiger partial charge in [-0.05, 0) is 23.8 Å². The monoisotopic (exact) mass is 288 g/mol. The van der Waals surface area contributed by atoms with Crippen molar-refractivity contribution >= 4 is 34.8 Å². The zero-order chi connectivity index (χ0) is 12.5. The van der Waals surface area contributed by atoms with Crippen LogP contribution in [0.25, 0.3) is 0 Å². The van der Waals surface area contributed by atoms with Gasteiger partial charge in [-0.3, -0.25) is 0 Å². The van der Waals surface area contributed by atoms with Gasteiger partial charge in [0.05, 0.1) is 0 Å². The molecule has 0 unspecified atom stereocenters. The lowest BCUT2D eigenvalue weighted by atomic mass is 10.0. The minimum absolute atomic E-state index is 0.336. The van der Waals surface area contributed by atoms with Crippen molar-refractivity contribution in [2.24, 2.45) is 0 Å². The molecule has 0 atom stereocenters. The number of rotatable bonds is 2. The van der Waals surface area contributed by atoms with Gasteiger partial charge in [-0.25, -0.2) is 4.39 Å². The summed E-state index contributed by atoms with van der Waals surface area (Å²) in [5, 5.41) is 0.474. The molecule has 0 aliphatic heterocycles. The van der Waals surface area contributed by atoms with E-state index in [4.69, 9.17) is 34.8 Å². The number of hydrogen-bond donors (Lipinski definition) is 0. The molecule has 0 saturated heterocycles. The minimum atomic E-state index is -1.29. The third kappa shape index (κ3) is 2.57. The van der Waals surface area contributed by atoms with Crippen molar-refractivity contribution in [1.29, 1.82) is 0 Å². The molecule has 2 aromatic carbocycles. The topological polar surface area (TPSA) is 0 Å². The first-order valence-electron chi connectivity index (χ1n) is 4.90. The second kappa shape index (κ2) is 4.85. The van der Waals surface area contributed by atoms with Crippen molar-refractivity contribution in [3.8, 4) is 0 Å². The molecule has 0 saturated carbocycles. The van der Waals surface area contributed by atoms with E-state index in [-0.39, 0.29) is 5.82 Å². The third-order valence-corrected chi connectivity index (χ3v) is 3.59. The molecule has 0 amide bonds. The highest BCUT2D eigenvalue weighted by Gasteiger charge is 2.30. The molecule has 0 nitrogen and oxygen atoms in total. The van der Waals surface area contributed by atoms with Crippen molar-refractivity contribution in [3.05, 3.63) is 70.5 Å². The maximum Gasteiger partial charge on any atom is 0.169 e. The zero-order valence-electron chi connectivity index (χ0n) is 8.63. The van der Waals surface area contributed by atoms with Crippen molar-refractivity contribution in [2.45, 2.75) is 4.33 Å². The molecule has 2 rings (SSSR count). The Morgan fingerprint density at radius 2 is 1.47 bits per heavy atom. The van der Waals surface area contributed by atoms with Gasteiger partial charge in [0.1, 0.15) is 5.82 Å². The Balaban J connectivity index is 2.49. The van der Waals surface area contributed by atoms with Crippen LogP contribution in [0, 0.1) is 5.82 Å². The molecule has 88 valence electrons. The fourth-order valence-corrected chi connectivity index (χ4v) is 2.49. The fourth-order valence-electron chi connectivity index (χ4n) is 1.53. The van der Waals surface area contributed by atoms with Crippen molar-refractivity contribution in [3.63, 3.8) is 0 Å². The van der Waals surface area contributed by atoms with Crippen LogP contribution in [0.15, 0.2) is 48.5 Å². The summed E-state index contributed by atoms with van der Waals surface area (Å²) >= 11 is 18.7. The van der Waals surface area contributed by atoms with Crippen molar-refractivity contribution < 1.29 is 4.39 Å². The van der Waals surface area contributed by atoms with E-state index in [0.29, 0.717) is 16.1 Å². The van der Waals surface area contributed by atoms with Gasteiger partial charge in [-0.15, -0.1) is 0 Å². The highest BCUT2D eigenvalue weighted by molar-refractivity contribution is 6.51. The Labute approximate surface area is 114 Å². The molecule has 0 heterocycles. The molecular formula is C13H8Cl3F. The van der Waals surface area contributed by atoms with E-state index in [1.807, 2.05) is 0 Å². The van der Waals surface area contributed by atoms with Crippen molar-refractivity contribution in [2.75, 3.05) is 0 Å². The molecule has 0 fully saturated rings. The number of alkyl halides is 2. The van der Waals surface area contributed by atoms with Gasteiger partial charge < -0.3 is 0 Å². The molecule has 0 bridgehead atoms. The predicted molar refractivity (Wildman–Crippen MR) is 70.3 cm³/mol. The average molecular weight is 290 g/mol. The SMILES string of the molecule is Fc1ccc(C(Cl)(Cl)c2ccccc2Cl)cc1. The van der Waals surface area contributed by atoms with E-state index in [0.717, 1.165) is 0 Å². The largest absolute Gasteiger partial charge is 0.207 e. The van der Waals surface area contributed by atoms with E-state index in [9.17, 15) is 4.39 Å². The van der Waals surface area contributed by atoms with Gasteiger partial charge >= 0.3 is 0 Å². The first kappa shape index (κ1) is 12.7. The van der Waals surface area contributed by atoms with Gasteiger partial charge in [0.15, 0.2) is 4.33 Å². The maximum atomic E-state index is 12.8. The smallest absolute Gasteiger partial charge is 0.169 e. The quantitative estimate of drug-likeness (QED) is 0.670. The molecular weight excluding hydrogens is 282 g/mol. The summed E-state index contributed by atoms with van der Waals surface area (Å²) in [5.74, 6) is -0.336. The summed E-state index contributed by atoms with van der Waals surface area (Å²) in [6, 6.07) is 12.7. The van der Waals surface area contributed by atoms with Gasteiger partial charge in [0.2, 0.25) is 0 Å². The van der Waals surface area contributed by atoms with Crippen LogP contribution in [0.2, 0.25) is 5.02 Å². The average Bonchev–Trinajstić information content (AvgIpc) is 2.30. The van der Waals surface area contributed by atoms with Gasteiger partial charge in [-0.1, -0.05) is 65.1 Å². The summed E-state index contributed by atoms with van der Waals surface area (Å²) in [6.07, 6.45) is 0. The van der Waals surface area contributed by atoms with E-state index in [1.165, 1.54) is 12.1 Å². The highest BCUT2D eigenvalue weighted by Crippen LogP contribution is 2.43. The molecule has 2 aromatic rings. The van der Waals surface area contributed by atoms with Crippen molar-refractivity contribution in [1.82, 2.24) is 0 Å². The van der Waals surface area contributed by atoms with Crippen LogP contribution in [0.5, 0.6) is 0 Å². The van der Waals surface area contributed by atoms with E-state index in [2.05, 4.69) is 0 Å². The third-order valence-electron chi connectivity index (χ3n) is 2.42. The van der Waals surface area contributed by atoms with Crippen LogP contribution < -0.4 is 0 Å². The summed E-state index contributed by atoms with van der Waals surface area (Å²) in [5.41, 5.74) is 1.16. The summed E-state index contributed by atoms with van der Waals surface area (Å²) < 4.78 is 11.6. The summed E-state index contributed by atoms with van der Waals surface area (Å²) in [7, 11) is 0. The standard InChI is InChI=1S/C13H8Cl3F/c14-12-4-2-1-3-11(12)13(15,16)9-5-7-10(17)8-6-9/h1-8H. The molecule has 0 N–H and O–H groups in total. The molecule has 0 aromatic heterocycles. The Kier molecular flexibility index (Phi) is 3.62. The van der Waals surface area contributed by atoms with Gasteiger partial charge in [0, 0.05) is 10.6 Å². The Morgan fingerprint density at radius 1 is 0.882 bits per heavy atom. The van der Waals surface area contributed by atoms with Crippen LogP contribution in [0.3, 0.4) is 0 Å². The van der Waals surface area contributed by atoms with Crippen LogP contribution in [-0.2, 0) is 4.33 Å². The molecule has 0 aliphatic carbocycles. The fraction of sp³-hybridized carbons (Fsp3) is 0.0769. The molecule has 0 aliphatic rings. The van der Waals surface area contributed by atoms with E-state index >= 15 is 0 Å². The zero-order valence-corrected chi connectivity index (χ0v) is 10.9. The lowest BCUT2D eigenvalue weighted by molar-refractivity contribution is 0.627.